The fraction of sp³-hybridized carbons (Fsp3) is 0.429. The van der Waals surface area contributed by atoms with Crippen LogP contribution < -0.4 is 5.73 Å². The maximum Gasteiger partial charge on any atom is 0.240 e. The number of likely N-dealkylation sites (tertiary alicyclic amines) is 1. The lowest BCUT2D eigenvalue weighted by molar-refractivity contribution is -0.138. The van der Waals surface area contributed by atoms with Gasteiger partial charge in [-0.25, -0.2) is 0 Å². The summed E-state index contributed by atoms with van der Waals surface area (Å²) < 4.78 is 0. The lowest BCUT2D eigenvalue weighted by Crippen LogP contribution is -2.51. The van der Waals surface area contributed by atoms with E-state index in [1.165, 1.54) is 11.8 Å². The second-order valence-corrected chi connectivity index (χ2v) is 6.73. The number of primary amides is 1. The van der Waals surface area contributed by atoms with E-state index in [9.17, 15) is 9.59 Å². The van der Waals surface area contributed by atoms with E-state index in [0.29, 0.717) is 23.0 Å². The summed E-state index contributed by atoms with van der Waals surface area (Å²) in [4.78, 5) is 26.1. The molecule has 0 radical (unpaired) electrons. The number of amides is 2. The van der Waals surface area contributed by atoms with Crippen molar-refractivity contribution in [3.63, 3.8) is 0 Å². The zero-order valence-corrected chi connectivity index (χ0v) is 13.7. The number of rotatable bonds is 4. The molecule has 7 heteroatoms. The quantitative estimate of drug-likeness (QED) is 0.852. The lowest BCUT2D eigenvalue weighted by atomic mass is 10.0. The number of halogens is 2. The van der Waals surface area contributed by atoms with Gasteiger partial charge in [0, 0.05) is 16.5 Å². The van der Waals surface area contributed by atoms with Crippen LogP contribution in [0.1, 0.15) is 19.3 Å². The van der Waals surface area contributed by atoms with Crippen molar-refractivity contribution >= 4 is 46.8 Å². The number of piperidine rings is 1. The number of benzene rings is 1. The van der Waals surface area contributed by atoms with Crippen molar-refractivity contribution in [1.82, 2.24) is 4.90 Å². The van der Waals surface area contributed by atoms with Gasteiger partial charge in [-0.3, -0.25) is 9.59 Å². The number of nitrogens with zero attached hydrogens (tertiary/aromatic N) is 1. The number of nitrogens with two attached hydrogens (primary N) is 1. The maximum atomic E-state index is 12.3. The number of carbonyl (C=O) groups is 2. The van der Waals surface area contributed by atoms with Crippen molar-refractivity contribution in [3.05, 3.63) is 28.2 Å². The van der Waals surface area contributed by atoms with Gasteiger partial charge >= 0.3 is 0 Å². The highest BCUT2D eigenvalue weighted by atomic mass is 35.5. The monoisotopic (exact) mass is 346 g/mol. The summed E-state index contributed by atoms with van der Waals surface area (Å²) >= 11 is 13.3. The molecule has 1 atom stereocenters. The molecule has 21 heavy (non-hydrogen) atoms. The van der Waals surface area contributed by atoms with E-state index in [2.05, 4.69) is 0 Å². The van der Waals surface area contributed by atoms with Gasteiger partial charge in [-0.05, 0) is 37.5 Å². The fourth-order valence-electron chi connectivity index (χ4n) is 2.34. The summed E-state index contributed by atoms with van der Waals surface area (Å²) in [6, 6.07) is 4.64. The van der Waals surface area contributed by atoms with Gasteiger partial charge in [0.2, 0.25) is 11.8 Å². The fourth-order valence-corrected chi connectivity index (χ4v) is 3.72. The van der Waals surface area contributed by atoms with Gasteiger partial charge in [0.05, 0.1) is 10.8 Å². The zero-order chi connectivity index (χ0) is 15.4. The maximum absolute atomic E-state index is 12.3. The van der Waals surface area contributed by atoms with E-state index < -0.39 is 11.9 Å². The number of thioether (sulfide) groups is 1. The molecule has 2 rings (SSSR count). The van der Waals surface area contributed by atoms with Gasteiger partial charge in [-0.15, -0.1) is 11.8 Å². The largest absolute Gasteiger partial charge is 0.368 e. The molecule has 0 aromatic heterocycles. The van der Waals surface area contributed by atoms with E-state index in [4.69, 9.17) is 28.9 Å². The smallest absolute Gasteiger partial charge is 0.240 e. The summed E-state index contributed by atoms with van der Waals surface area (Å²) in [5, 5.41) is 1.13. The molecule has 1 aliphatic rings. The van der Waals surface area contributed by atoms with Crippen molar-refractivity contribution in [2.45, 2.75) is 30.2 Å². The second-order valence-electron chi connectivity index (χ2n) is 4.86. The Morgan fingerprint density at radius 3 is 2.81 bits per heavy atom. The van der Waals surface area contributed by atoms with Crippen LogP contribution in [0, 0.1) is 0 Å². The van der Waals surface area contributed by atoms with Gasteiger partial charge in [-0.1, -0.05) is 23.2 Å². The predicted molar refractivity (Wildman–Crippen MR) is 85.7 cm³/mol. The Balaban J connectivity index is 2.00. The van der Waals surface area contributed by atoms with Crippen LogP contribution in [0.3, 0.4) is 0 Å². The van der Waals surface area contributed by atoms with Crippen LogP contribution in [-0.4, -0.2) is 35.1 Å². The van der Waals surface area contributed by atoms with E-state index in [-0.39, 0.29) is 11.7 Å². The van der Waals surface area contributed by atoms with E-state index in [0.717, 1.165) is 17.7 Å². The molecule has 0 unspecified atom stereocenters. The summed E-state index contributed by atoms with van der Waals surface area (Å²) in [5.41, 5.74) is 5.37. The molecule has 1 fully saturated rings. The van der Waals surface area contributed by atoms with Crippen molar-refractivity contribution in [3.8, 4) is 0 Å². The Morgan fingerprint density at radius 1 is 1.33 bits per heavy atom. The van der Waals surface area contributed by atoms with Crippen LogP contribution in [0.5, 0.6) is 0 Å². The van der Waals surface area contributed by atoms with Gasteiger partial charge < -0.3 is 10.6 Å². The third-order valence-corrected chi connectivity index (χ3v) is 5.11. The van der Waals surface area contributed by atoms with Gasteiger partial charge in [-0.2, -0.15) is 0 Å². The minimum Gasteiger partial charge on any atom is -0.368 e. The molecule has 4 nitrogen and oxygen atoms in total. The SMILES string of the molecule is NC(=O)[C@H]1CCCCN1C(=O)CSc1cc(Cl)ccc1Cl. The van der Waals surface area contributed by atoms with Crippen LogP contribution in [-0.2, 0) is 9.59 Å². The van der Waals surface area contributed by atoms with Gasteiger partial charge in [0.25, 0.3) is 0 Å². The third-order valence-electron chi connectivity index (χ3n) is 3.40. The first-order chi connectivity index (χ1) is 9.99. The highest BCUT2D eigenvalue weighted by Crippen LogP contribution is 2.30. The van der Waals surface area contributed by atoms with E-state index in [1.807, 2.05) is 0 Å². The first-order valence-electron chi connectivity index (χ1n) is 6.65. The van der Waals surface area contributed by atoms with Crippen molar-refractivity contribution in [2.75, 3.05) is 12.3 Å². The molecule has 0 saturated carbocycles. The normalized spacial score (nSPS) is 18.6. The first-order valence-corrected chi connectivity index (χ1v) is 8.40. The average Bonchev–Trinajstić information content (AvgIpc) is 2.47. The number of hydrogen-bond donors (Lipinski definition) is 1. The minimum atomic E-state index is -0.485. The molecule has 2 N–H and O–H groups in total. The minimum absolute atomic E-state index is 0.0976. The van der Waals surface area contributed by atoms with Crippen LogP contribution in [0.15, 0.2) is 23.1 Å². The van der Waals surface area contributed by atoms with Crippen LogP contribution in [0.2, 0.25) is 10.0 Å². The Bertz CT molecular complexity index is 554. The summed E-state index contributed by atoms with van der Waals surface area (Å²) in [5.74, 6) is -0.322. The predicted octanol–water partition coefficient (Wildman–Crippen LogP) is 2.95. The van der Waals surface area contributed by atoms with Crippen LogP contribution in [0.4, 0.5) is 0 Å². The Morgan fingerprint density at radius 2 is 2.10 bits per heavy atom. The average molecular weight is 347 g/mol. The van der Waals surface area contributed by atoms with Gasteiger partial charge in [0.15, 0.2) is 0 Å². The molecule has 1 aromatic rings. The molecule has 0 aliphatic carbocycles. The van der Waals surface area contributed by atoms with Crippen molar-refractivity contribution in [2.24, 2.45) is 5.73 Å². The van der Waals surface area contributed by atoms with Crippen molar-refractivity contribution < 1.29 is 9.59 Å². The Labute approximate surface area is 137 Å². The topological polar surface area (TPSA) is 63.4 Å². The summed E-state index contributed by atoms with van der Waals surface area (Å²) in [7, 11) is 0. The molecule has 0 spiro atoms. The van der Waals surface area contributed by atoms with Gasteiger partial charge in [0.1, 0.15) is 6.04 Å². The van der Waals surface area contributed by atoms with Crippen molar-refractivity contribution in [1.29, 1.82) is 0 Å². The lowest BCUT2D eigenvalue weighted by Gasteiger charge is -2.33. The standard InChI is InChI=1S/C14H16Cl2N2O2S/c15-9-4-5-10(16)12(7-9)21-8-13(19)18-6-2-1-3-11(18)14(17)20/h4-5,7,11H,1-3,6,8H2,(H2,17,20)/t11-/m1/s1. The highest BCUT2D eigenvalue weighted by molar-refractivity contribution is 8.00. The Kier molecular flexibility index (Phi) is 5.79. The Hall–Kier alpha value is -0.910. The summed E-state index contributed by atoms with van der Waals surface area (Å²) in [6.07, 6.45) is 2.46. The summed E-state index contributed by atoms with van der Waals surface area (Å²) in [6.45, 7) is 0.580. The van der Waals surface area contributed by atoms with Crippen LogP contribution >= 0.6 is 35.0 Å². The molecule has 1 heterocycles. The molecule has 1 saturated heterocycles. The molecule has 0 bridgehead atoms. The first kappa shape index (κ1) is 16.5. The highest BCUT2D eigenvalue weighted by Gasteiger charge is 2.30. The molecule has 1 aromatic carbocycles. The zero-order valence-electron chi connectivity index (χ0n) is 11.4. The van der Waals surface area contributed by atoms with E-state index >= 15 is 0 Å². The number of hydrogen-bond acceptors (Lipinski definition) is 3. The van der Waals surface area contributed by atoms with E-state index in [1.54, 1.807) is 23.1 Å². The molecule has 1 aliphatic heterocycles. The number of carbonyl (C=O) groups excluding carboxylic acids is 2. The third kappa shape index (κ3) is 4.28. The molecule has 2 amide bonds. The van der Waals surface area contributed by atoms with Crippen LogP contribution in [0.25, 0.3) is 0 Å². The molecular formula is C14H16Cl2N2O2S. The second kappa shape index (κ2) is 7.38. The molecule has 114 valence electrons. The molecular weight excluding hydrogens is 331 g/mol.